The zero-order chi connectivity index (χ0) is 13.5. The van der Waals surface area contributed by atoms with Crippen molar-refractivity contribution in [2.75, 3.05) is 50.4 Å². The van der Waals surface area contributed by atoms with Gasteiger partial charge in [0.1, 0.15) is 11.9 Å². The fraction of sp³-hybridized carbons (Fsp3) is 0.538. The van der Waals surface area contributed by atoms with Gasteiger partial charge in [-0.25, -0.2) is 4.98 Å². The smallest absolute Gasteiger partial charge is 0.165 e. The van der Waals surface area contributed by atoms with Crippen LogP contribution >= 0.6 is 0 Å². The topological polar surface area (TPSA) is 87.2 Å². The Bertz CT molecular complexity index is 451. The summed E-state index contributed by atoms with van der Waals surface area (Å²) < 4.78 is 5.30. The monoisotopic (exact) mass is 261 g/mol. The molecular formula is C13H19N5O. The van der Waals surface area contributed by atoms with E-state index in [2.05, 4.69) is 15.2 Å². The van der Waals surface area contributed by atoms with Gasteiger partial charge in [-0.05, 0) is 25.1 Å². The molecule has 1 saturated heterocycles. The van der Waals surface area contributed by atoms with E-state index in [-0.39, 0.29) is 5.69 Å². The average molecular weight is 261 g/mol. The van der Waals surface area contributed by atoms with Gasteiger partial charge in [0.25, 0.3) is 0 Å². The van der Waals surface area contributed by atoms with Crippen molar-refractivity contribution in [1.29, 1.82) is 5.26 Å². The molecule has 0 aromatic carbocycles. The van der Waals surface area contributed by atoms with Crippen LogP contribution in [0.1, 0.15) is 12.1 Å². The van der Waals surface area contributed by atoms with E-state index in [9.17, 15) is 0 Å². The maximum absolute atomic E-state index is 8.85. The van der Waals surface area contributed by atoms with Crippen LogP contribution in [0.25, 0.3) is 0 Å². The van der Waals surface area contributed by atoms with Crippen LogP contribution < -0.4 is 11.1 Å². The lowest BCUT2D eigenvalue weighted by molar-refractivity contribution is 0.0378. The third kappa shape index (κ3) is 4.09. The molecule has 0 atom stereocenters. The molecule has 102 valence electrons. The molecule has 6 nitrogen and oxygen atoms in total. The van der Waals surface area contributed by atoms with Crippen molar-refractivity contribution in [3.05, 3.63) is 17.8 Å². The summed E-state index contributed by atoms with van der Waals surface area (Å²) in [5, 5.41) is 12.1. The summed E-state index contributed by atoms with van der Waals surface area (Å²) in [6.45, 7) is 5.57. The van der Waals surface area contributed by atoms with Crippen molar-refractivity contribution < 1.29 is 4.74 Å². The number of hydrogen-bond donors (Lipinski definition) is 2. The fourth-order valence-electron chi connectivity index (χ4n) is 2.00. The number of pyridine rings is 1. The number of nitrogens with zero attached hydrogens (tertiary/aromatic N) is 3. The van der Waals surface area contributed by atoms with E-state index in [1.807, 2.05) is 6.07 Å². The number of nitrogens with one attached hydrogen (secondary N) is 1. The second-order valence-electron chi connectivity index (χ2n) is 4.48. The van der Waals surface area contributed by atoms with Crippen molar-refractivity contribution in [2.45, 2.75) is 6.42 Å². The number of morpholine rings is 1. The lowest BCUT2D eigenvalue weighted by Crippen LogP contribution is -2.37. The molecular weight excluding hydrogens is 242 g/mol. The molecule has 0 spiro atoms. The molecule has 19 heavy (non-hydrogen) atoms. The largest absolute Gasteiger partial charge is 0.396 e. The number of rotatable bonds is 5. The van der Waals surface area contributed by atoms with E-state index >= 15 is 0 Å². The van der Waals surface area contributed by atoms with Gasteiger partial charge in [-0.15, -0.1) is 0 Å². The van der Waals surface area contributed by atoms with E-state index in [4.69, 9.17) is 15.7 Å². The molecule has 1 aliphatic rings. The van der Waals surface area contributed by atoms with Crippen molar-refractivity contribution in [3.63, 3.8) is 0 Å². The van der Waals surface area contributed by atoms with Crippen LogP contribution in [0.3, 0.4) is 0 Å². The summed E-state index contributed by atoms with van der Waals surface area (Å²) in [7, 11) is 0. The Labute approximate surface area is 113 Å². The number of hydrogen-bond acceptors (Lipinski definition) is 6. The molecule has 2 heterocycles. The van der Waals surface area contributed by atoms with Crippen LogP contribution in [-0.2, 0) is 4.74 Å². The van der Waals surface area contributed by atoms with Crippen molar-refractivity contribution in [2.24, 2.45) is 0 Å². The zero-order valence-corrected chi connectivity index (χ0v) is 10.9. The lowest BCUT2D eigenvalue weighted by atomic mass is 10.3. The van der Waals surface area contributed by atoms with Crippen LogP contribution in [-0.4, -0.2) is 49.3 Å². The summed E-state index contributed by atoms with van der Waals surface area (Å²) in [6, 6.07) is 5.48. The van der Waals surface area contributed by atoms with E-state index in [0.29, 0.717) is 11.5 Å². The molecule has 1 aliphatic heterocycles. The third-order valence-corrected chi connectivity index (χ3v) is 3.09. The van der Waals surface area contributed by atoms with Gasteiger partial charge in [-0.1, -0.05) is 0 Å². The van der Waals surface area contributed by atoms with Crippen LogP contribution in [0.2, 0.25) is 0 Å². The fourth-order valence-corrected chi connectivity index (χ4v) is 2.00. The minimum atomic E-state index is 0.276. The Morgan fingerprint density at radius 2 is 2.21 bits per heavy atom. The Balaban J connectivity index is 1.72. The molecule has 0 aliphatic carbocycles. The summed E-state index contributed by atoms with van der Waals surface area (Å²) >= 11 is 0. The second-order valence-corrected chi connectivity index (χ2v) is 4.48. The lowest BCUT2D eigenvalue weighted by Gasteiger charge is -2.26. The molecule has 1 aromatic rings. The quantitative estimate of drug-likeness (QED) is 0.757. The normalized spacial score (nSPS) is 15.9. The molecule has 0 radical (unpaired) electrons. The first kappa shape index (κ1) is 13.6. The summed E-state index contributed by atoms with van der Waals surface area (Å²) in [5.74, 6) is 0.702. The molecule has 0 unspecified atom stereocenters. The maximum atomic E-state index is 8.85. The van der Waals surface area contributed by atoms with Crippen LogP contribution in [0, 0.1) is 11.3 Å². The number of nitrogens with two attached hydrogens (primary N) is 1. The number of aromatic nitrogens is 1. The van der Waals surface area contributed by atoms with E-state index in [0.717, 1.165) is 45.8 Å². The minimum absolute atomic E-state index is 0.276. The van der Waals surface area contributed by atoms with Crippen molar-refractivity contribution in [1.82, 2.24) is 9.88 Å². The summed E-state index contributed by atoms with van der Waals surface area (Å²) in [5.41, 5.74) is 6.32. The van der Waals surface area contributed by atoms with Gasteiger partial charge in [0.2, 0.25) is 0 Å². The summed E-state index contributed by atoms with van der Waals surface area (Å²) in [6.07, 6.45) is 1.04. The minimum Gasteiger partial charge on any atom is -0.396 e. The highest BCUT2D eigenvalue weighted by Crippen LogP contribution is 2.11. The molecule has 2 rings (SSSR count). The molecule has 0 bridgehead atoms. The number of nitrogen functional groups attached to an aromatic ring is 1. The Morgan fingerprint density at radius 3 is 2.95 bits per heavy atom. The first-order chi connectivity index (χ1) is 9.29. The number of anilines is 2. The number of ether oxygens (including phenoxy) is 1. The van der Waals surface area contributed by atoms with Gasteiger partial charge in [0, 0.05) is 19.6 Å². The van der Waals surface area contributed by atoms with Gasteiger partial charge >= 0.3 is 0 Å². The molecule has 3 N–H and O–H groups in total. The molecule has 0 saturated carbocycles. The van der Waals surface area contributed by atoms with E-state index in [1.54, 1.807) is 12.1 Å². The molecule has 1 aromatic heterocycles. The average Bonchev–Trinajstić information content (AvgIpc) is 2.46. The predicted molar refractivity (Wildman–Crippen MR) is 73.7 cm³/mol. The summed E-state index contributed by atoms with van der Waals surface area (Å²) in [4.78, 5) is 6.54. The predicted octanol–water partition coefficient (Wildman–Crippen LogP) is 0.670. The molecule has 1 fully saturated rings. The van der Waals surface area contributed by atoms with Gasteiger partial charge in [-0.2, -0.15) is 5.26 Å². The van der Waals surface area contributed by atoms with Crippen LogP contribution in [0.15, 0.2) is 12.1 Å². The van der Waals surface area contributed by atoms with Gasteiger partial charge in [-0.3, -0.25) is 4.90 Å². The van der Waals surface area contributed by atoms with Gasteiger partial charge < -0.3 is 15.8 Å². The Hall–Kier alpha value is -1.84. The number of nitriles is 1. The highest BCUT2D eigenvalue weighted by Gasteiger charge is 2.09. The Morgan fingerprint density at radius 1 is 1.42 bits per heavy atom. The van der Waals surface area contributed by atoms with E-state index in [1.165, 1.54) is 0 Å². The first-order valence-electron chi connectivity index (χ1n) is 6.50. The molecule has 6 heteroatoms. The highest BCUT2D eigenvalue weighted by atomic mass is 16.5. The van der Waals surface area contributed by atoms with E-state index < -0.39 is 0 Å². The van der Waals surface area contributed by atoms with Crippen LogP contribution in [0.4, 0.5) is 11.5 Å². The van der Waals surface area contributed by atoms with Crippen molar-refractivity contribution in [3.8, 4) is 6.07 Å². The maximum Gasteiger partial charge on any atom is 0.165 e. The van der Waals surface area contributed by atoms with Crippen LogP contribution in [0.5, 0.6) is 0 Å². The first-order valence-corrected chi connectivity index (χ1v) is 6.50. The SMILES string of the molecule is N#Cc1nc(NCCCN2CCOCC2)ccc1N. The van der Waals surface area contributed by atoms with Crippen molar-refractivity contribution >= 4 is 11.5 Å². The molecule has 0 amide bonds. The standard InChI is InChI=1S/C13H19N5O/c14-10-12-11(15)2-3-13(17-12)16-4-1-5-18-6-8-19-9-7-18/h2-3H,1,4-9,15H2,(H,16,17). The highest BCUT2D eigenvalue weighted by molar-refractivity contribution is 5.54. The second kappa shape index (κ2) is 6.92. The third-order valence-electron chi connectivity index (χ3n) is 3.09. The Kier molecular flexibility index (Phi) is 4.95. The zero-order valence-electron chi connectivity index (χ0n) is 10.9. The van der Waals surface area contributed by atoms with Gasteiger partial charge in [0.05, 0.1) is 18.9 Å². The van der Waals surface area contributed by atoms with Gasteiger partial charge in [0.15, 0.2) is 5.69 Å².